The number of nitrogens with one attached hydrogen (secondary N) is 2. The first kappa shape index (κ1) is 21.6. The summed E-state index contributed by atoms with van der Waals surface area (Å²) in [4.78, 5) is 24.7. The summed E-state index contributed by atoms with van der Waals surface area (Å²) in [7, 11) is 0. The van der Waals surface area contributed by atoms with Gasteiger partial charge in [-0.15, -0.1) is 0 Å². The average molecular weight is 425 g/mol. The number of carbonyl (C=O) groups is 2. The highest BCUT2D eigenvalue weighted by Gasteiger charge is 2.21. The van der Waals surface area contributed by atoms with Crippen molar-refractivity contribution in [3.63, 3.8) is 0 Å². The van der Waals surface area contributed by atoms with Gasteiger partial charge < -0.3 is 10.6 Å². The van der Waals surface area contributed by atoms with Crippen molar-refractivity contribution in [2.45, 2.75) is 33.6 Å². The highest BCUT2D eigenvalue weighted by Crippen LogP contribution is 2.25. The smallest absolute Gasteiger partial charge is 0.259 e. The zero-order chi connectivity index (χ0) is 21.8. The number of anilines is 2. The Morgan fingerprint density at radius 2 is 1.47 bits per heavy atom. The topological polar surface area (TPSA) is 76.0 Å². The van der Waals surface area contributed by atoms with Crippen molar-refractivity contribution in [3.05, 3.63) is 71.0 Å². The maximum absolute atomic E-state index is 12.9. The quantitative estimate of drug-likeness (QED) is 0.548. The lowest BCUT2D eigenvalue weighted by Gasteiger charge is -2.13. The Labute approximate surface area is 181 Å². The molecule has 0 radical (unpaired) electrons. The third-order valence-electron chi connectivity index (χ3n) is 4.60. The van der Waals surface area contributed by atoms with E-state index in [0.29, 0.717) is 22.0 Å². The minimum atomic E-state index is -0.238. The van der Waals surface area contributed by atoms with E-state index in [1.54, 1.807) is 47.3 Å². The molecule has 3 aromatic rings. The fourth-order valence-electron chi connectivity index (χ4n) is 3.00. The minimum Gasteiger partial charge on any atom is -0.326 e. The predicted octanol–water partition coefficient (Wildman–Crippen LogP) is 5.50. The third kappa shape index (κ3) is 4.89. The van der Waals surface area contributed by atoms with Crippen molar-refractivity contribution < 1.29 is 9.59 Å². The molecule has 30 heavy (non-hydrogen) atoms. The Kier molecular flexibility index (Phi) is 6.57. The summed E-state index contributed by atoms with van der Waals surface area (Å²) in [6, 6.07) is 14.4. The van der Waals surface area contributed by atoms with Gasteiger partial charge in [0.1, 0.15) is 0 Å². The maximum atomic E-state index is 12.9. The van der Waals surface area contributed by atoms with Gasteiger partial charge in [-0.3, -0.25) is 9.59 Å². The summed E-state index contributed by atoms with van der Waals surface area (Å²) in [6.07, 6.45) is 1.58. The van der Waals surface area contributed by atoms with Crippen LogP contribution in [0.1, 0.15) is 49.7 Å². The van der Waals surface area contributed by atoms with Crippen LogP contribution in [0, 0.1) is 5.92 Å². The summed E-state index contributed by atoms with van der Waals surface area (Å²) < 4.78 is 1.76. The van der Waals surface area contributed by atoms with Crippen molar-refractivity contribution >= 4 is 34.8 Å². The van der Waals surface area contributed by atoms with Gasteiger partial charge in [0.25, 0.3) is 5.91 Å². The molecule has 2 N–H and O–H groups in total. The average Bonchev–Trinajstić information content (AvgIpc) is 3.15. The summed E-state index contributed by atoms with van der Waals surface area (Å²) in [6.45, 7) is 7.71. The first-order valence-electron chi connectivity index (χ1n) is 9.82. The number of amides is 2. The van der Waals surface area contributed by atoms with Crippen LogP contribution in [0.4, 0.5) is 11.4 Å². The first-order valence-corrected chi connectivity index (χ1v) is 10.2. The Morgan fingerprint density at radius 3 is 2.00 bits per heavy atom. The molecule has 7 heteroatoms. The maximum Gasteiger partial charge on any atom is 0.259 e. The van der Waals surface area contributed by atoms with E-state index >= 15 is 0 Å². The van der Waals surface area contributed by atoms with E-state index in [-0.39, 0.29) is 23.7 Å². The largest absolute Gasteiger partial charge is 0.326 e. The molecule has 0 fully saturated rings. The summed E-state index contributed by atoms with van der Waals surface area (Å²) >= 11 is 5.98. The molecule has 0 unspecified atom stereocenters. The lowest BCUT2D eigenvalue weighted by molar-refractivity contribution is -0.118. The Morgan fingerprint density at radius 1 is 0.900 bits per heavy atom. The molecule has 0 aliphatic rings. The fourth-order valence-corrected chi connectivity index (χ4v) is 3.12. The van der Waals surface area contributed by atoms with Gasteiger partial charge in [-0.05, 0) is 54.4 Å². The van der Waals surface area contributed by atoms with Gasteiger partial charge >= 0.3 is 0 Å². The molecule has 0 saturated carbocycles. The van der Waals surface area contributed by atoms with E-state index in [9.17, 15) is 9.59 Å². The van der Waals surface area contributed by atoms with Crippen LogP contribution in [-0.4, -0.2) is 21.6 Å². The van der Waals surface area contributed by atoms with E-state index in [1.165, 1.54) is 0 Å². The van der Waals surface area contributed by atoms with Gasteiger partial charge in [0, 0.05) is 22.3 Å². The monoisotopic (exact) mass is 424 g/mol. The second-order valence-corrected chi connectivity index (χ2v) is 8.10. The van der Waals surface area contributed by atoms with Crippen molar-refractivity contribution in [3.8, 4) is 5.69 Å². The number of aromatic nitrogens is 2. The SMILES string of the molecule is CC(C)C(=O)Nc1ccc(NC(=O)c2cnn(-c3ccc(Cl)cc3)c2C(C)C)cc1. The number of nitrogens with zero attached hydrogens (tertiary/aromatic N) is 2. The number of halogens is 1. The number of benzene rings is 2. The van der Waals surface area contributed by atoms with Gasteiger partial charge in [0.2, 0.25) is 5.91 Å². The second-order valence-electron chi connectivity index (χ2n) is 7.66. The van der Waals surface area contributed by atoms with Crippen LogP contribution < -0.4 is 10.6 Å². The third-order valence-corrected chi connectivity index (χ3v) is 4.86. The summed E-state index contributed by atoms with van der Waals surface area (Å²) in [5.41, 5.74) is 3.49. The molecular formula is C23H25ClN4O2. The number of rotatable bonds is 6. The van der Waals surface area contributed by atoms with Crippen molar-refractivity contribution in [2.24, 2.45) is 5.92 Å². The Balaban J connectivity index is 1.80. The van der Waals surface area contributed by atoms with E-state index in [4.69, 9.17) is 11.6 Å². The van der Waals surface area contributed by atoms with Crippen molar-refractivity contribution in [1.82, 2.24) is 9.78 Å². The van der Waals surface area contributed by atoms with Crippen LogP contribution in [0.25, 0.3) is 5.69 Å². The highest BCUT2D eigenvalue weighted by atomic mass is 35.5. The zero-order valence-corrected chi connectivity index (χ0v) is 18.2. The van der Waals surface area contributed by atoms with Gasteiger partial charge in [0.05, 0.1) is 23.1 Å². The molecule has 0 aliphatic heterocycles. The van der Waals surface area contributed by atoms with Crippen molar-refractivity contribution in [2.75, 3.05) is 10.6 Å². The van der Waals surface area contributed by atoms with Crippen molar-refractivity contribution in [1.29, 1.82) is 0 Å². The lowest BCUT2D eigenvalue weighted by Crippen LogP contribution is -2.18. The standard InChI is InChI=1S/C23H25ClN4O2/c1-14(2)21-20(13-25-28(21)19-11-5-16(24)6-12-19)23(30)27-18-9-7-17(8-10-18)26-22(29)15(3)4/h5-15H,1-4H3,(H,26,29)(H,27,30). The van der Waals surface area contributed by atoms with Crippen LogP contribution in [0.2, 0.25) is 5.02 Å². The fraction of sp³-hybridized carbons (Fsp3) is 0.261. The molecule has 2 aromatic carbocycles. The molecule has 1 aromatic heterocycles. The normalized spacial score (nSPS) is 11.0. The highest BCUT2D eigenvalue weighted by molar-refractivity contribution is 6.30. The van der Waals surface area contributed by atoms with Gasteiger partial charge in [0.15, 0.2) is 0 Å². The first-order chi connectivity index (χ1) is 14.3. The molecule has 1 heterocycles. The molecule has 6 nitrogen and oxygen atoms in total. The number of hydrogen-bond donors (Lipinski definition) is 2. The van der Waals surface area contributed by atoms with Gasteiger partial charge in [-0.1, -0.05) is 39.3 Å². The van der Waals surface area contributed by atoms with E-state index in [1.807, 2.05) is 39.8 Å². The van der Waals surface area contributed by atoms with E-state index in [0.717, 1.165) is 11.4 Å². The van der Waals surface area contributed by atoms with Gasteiger partial charge in [-0.2, -0.15) is 5.10 Å². The van der Waals surface area contributed by atoms with E-state index in [2.05, 4.69) is 15.7 Å². The molecule has 0 spiro atoms. The minimum absolute atomic E-state index is 0.0528. The molecule has 0 aliphatic carbocycles. The molecular weight excluding hydrogens is 400 g/mol. The van der Waals surface area contributed by atoms with Crippen LogP contribution in [-0.2, 0) is 4.79 Å². The number of hydrogen-bond acceptors (Lipinski definition) is 3. The summed E-state index contributed by atoms with van der Waals surface area (Å²) in [5.74, 6) is -0.311. The van der Waals surface area contributed by atoms with Gasteiger partial charge in [-0.25, -0.2) is 4.68 Å². The predicted molar refractivity (Wildman–Crippen MR) is 121 cm³/mol. The molecule has 0 atom stereocenters. The Bertz CT molecular complexity index is 1040. The second kappa shape index (κ2) is 9.13. The Hall–Kier alpha value is -3.12. The zero-order valence-electron chi connectivity index (χ0n) is 17.4. The van der Waals surface area contributed by atoms with Crippen LogP contribution in [0.3, 0.4) is 0 Å². The van der Waals surface area contributed by atoms with Crippen LogP contribution in [0.15, 0.2) is 54.7 Å². The lowest BCUT2D eigenvalue weighted by atomic mass is 10.0. The molecule has 2 amide bonds. The molecule has 0 saturated heterocycles. The molecule has 3 rings (SSSR count). The van der Waals surface area contributed by atoms with Crippen LogP contribution in [0.5, 0.6) is 0 Å². The number of carbonyl (C=O) groups excluding carboxylic acids is 2. The molecule has 156 valence electrons. The summed E-state index contributed by atoms with van der Waals surface area (Å²) in [5, 5.41) is 10.8. The van der Waals surface area contributed by atoms with Crippen LogP contribution >= 0.6 is 11.6 Å². The van der Waals surface area contributed by atoms with E-state index < -0.39 is 0 Å². The molecule has 0 bridgehead atoms.